The predicted molar refractivity (Wildman–Crippen MR) is 118 cm³/mol. The molecule has 9 heteroatoms. The van der Waals surface area contributed by atoms with Crippen molar-refractivity contribution in [3.8, 4) is 0 Å². The van der Waals surface area contributed by atoms with Gasteiger partial charge in [-0.3, -0.25) is 4.90 Å². The molecule has 2 fully saturated rings. The van der Waals surface area contributed by atoms with Crippen molar-refractivity contribution in [3.05, 3.63) is 22.8 Å². The number of ether oxygens (including phenoxy) is 1. The second-order valence-corrected chi connectivity index (χ2v) is 8.83. The molecule has 1 unspecified atom stereocenters. The van der Waals surface area contributed by atoms with E-state index in [2.05, 4.69) is 44.0 Å². The van der Waals surface area contributed by atoms with Gasteiger partial charge in [-0.1, -0.05) is 6.42 Å². The quantitative estimate of drug-likeness (QED) is 0.712. The fourth-order valence-corrected chi connectivity index (χ4v) is 5.35. The molecular weight excluding hydrogens is 434 g/mol. The van der Waals surface area contributed by atoms with Crippen LogP contribution in [0, 0.1) is 0 Å². The van der Waals surface area contributed by atoms with E-state index in [4.69, 9.17) is 26.3 Å². The van der Waals surface area contributed by atoms with E-state index in [1.807, 2.05) is 4.68 Å². The van der Waals surface area contributed by atoms with Crippen molar-refractivity contribution in [3.63, 3.8) is 0 Å². The van der Waals surface area contributed by atoms with Gasteiger partial charge in [0.15, 0.2) is 6.23 Å². The largest absolute Gasteiger partial charge is 0.369 e. The molecule has 5 rings (SSSR count). The van der Waals surface area contributed by atoms with Gasteiger partial charge in [0, 0.05) is 17.7 Å². The van der Waals surface area contributed by atoms with Crippen molar-refractivity contribution in [2.75, 3.05) is 11.5 Å². The lowest BCUT2D eigenvalue weighted by molar-refractivity contribution is -0.0368. The predicted octanol–water partition coefficient (Wildman–Crippen LogP) is 3.61. The summed E-state index contributed by atoms with van der Waals surface area (Å²) in [4.78, 5) is 11.1. The lowest BCUT2D eigenvalue weighted by Gasteiger charge is -2.45. The lowest BCUT2D eigenvalue weighted by Crippen LogP contribution is -2.58. The number of nitrogens with zero attached hydrogens (tertiary/aromatic N) is 5. The molecule has 8 nitrogen and oxygen atoms in total. The van der Waals surface area contributed by atoms with Crippen LogP contribution in [0.4, 0.5) is 5.69 Å². The zero-order valence-corrected chi connectivity index (χ0v) is 17.9. The number of hydrogen-bond acceptors (Lipinski definition) is 7. The van der Waals surface area contributed by atoms with Gasteiger partial charge in [0.1, 0.15) is 10.3 Å². The molecule has 1 aromatic heterocycles. The highest BCUT2D eigenvalue weighted by Crippen LogP contribution is 2.41. The van der Waals surface area contributed by atoms with Gasteiger partial charge < -0.3 is 16.2 Å². The van der Waals surface area contributed by atoms with Crippen LogP contribution in [0.5, 0.6) is 0 Å². The van der Waals surface area contributed by atoms with Gasteiger partial charge in [0.05, 0.1) is 5.52 Å². The number of aromatic nitrogens is 2. The molecule has 0 amide bonds. The number of anilines is 1. The number of halogens is 1. The Balaban J connectivity index is 1.57. The maximum atomic E-state index is 6.37. The monoisotopic (exact) mass is 459 g/mol. The Bertz CT molecular complexity index is 986. The van der Waals surface area contributed by atoms with Gasteiger partial charge in [0.2, 0.25) is 11.9 Å². The zero-order valence-electron chi connectivity index (χ0n) is 16.4. The minimum atomic E-state index is -0.448. The molecule has 1 spiro atoms. The fraction of sp³-hybridized carbons (Fsp3) is 0.550. The normalized spacial score (nSPS) is 24.6. The molecule has 2 aliphatic heterocycles. The molecule has 1 saturated heterocycles. The molecule has 0 bridgehead atoms. The maximum absolute atomic E-state index is 6.37. The van der Waals surface area contributed by atoms with E-state index in [9.17, 15) is 0 Å². The molecule has 3 aliphatic rings. The second-order valence-electron chi connectivity index (χ2n) is 8.08. The fourth-order valence-electron chi connectivity index (χ4n) is 4.86. The second kappa shape index (κ2) is 7.28. The molecule has 29 heavy (non-hydrogen) atoms. The molecular formula is C20H26BrN7O. The highest BCUT2D eigenvalue weighted by atomic mass is 79.9. The highest BCUT2D eigenvalue weighted by Gasteiger charge is 2.42. The SMILES string of the molecule is NC1=NC2(CCCCC2)N(c2ccc3c(c2)c(Br)nn3C2CCCCO2)C(N)=N1. The highest BCUT2D eigenvalue weighted by molar-refractivity contribution is 9.10. The third-order valence-corrected chi connectivity index (χ3v) is 6.77. The van der Waals surface area contributed by atoms with Crippen molar-refractivity contribution in [2.24, 2.45) is 21.5 Å². The average molecular weight is 460 g/mol. The molecule has 1 atom stereocenters. The summed E-state index contributed by atoms with van der Waals surface area (Å²) in [6.07, 6.45) is 8.47. The van der Waals surface area contributed by atoms with Crippen LogP contribution >= 0.6 is 15.9 Å². The average Bonchev–Trinajstić information content (AvgIpc) is 3.05. The molecule has 4 N–H and O–H groups in total. The van der Waals surface area contributed by atoms with Crippen molar-refractivity contribution >= 4 is 44.4 Å². The molecule has 154 valence electrons. The van der Waals surface area contributed by atoms with Gasteiger partial charge in [-0.2, -0.15) is 10.1 Å². The number of aliphatic imine (C=N–C) groups is 2. The number of hydrogen-bond donors (Lipinski definition) is 2. The van der Waals surface area contributed by atoms with E-state index >= 15 is 0 Å². The standard InChI is InChI=1S/C20H26BrN7O/c21-17-14-12-13(7-8-15(14)28(26-17)16-6-2-5-11-29-16)27-19(23)24-18(22)25-20(27)9-3-1-4-10-20/h7-8,12,16H,1-6,9-11H2,(H4,22,23,24,25). The zero-order chi connectivity index (χ0) is 20.0. The van der Waals surface area contributed by atoms with E-state index in [0.29, 0.717) is 5.96 Å². The third-order valence-electron chi connectivity index (χ3n) is 6.18. The van der Waals surface area contributed by atoms with Crippen LogP contribution < -0.4 is 16.4 Å². The first-order valence-corrected chi connectivity index (χ1v) is 11.2. The molecule has 2 aromatic rings. The summed E-state index contributed by atoms with van der Waals surface area (Å²) >= 11 is 3.64. The number of guanidine groups is 2. The van der Waals surface area contributed by atoms with Crippen LogP contribution in [0.3, 0.4) is 0 Å². The van der Waals surface area contributed by atoms with Crippen molar-refractivity contribution in [2.45, 2.75) is 63.3 Å². The summed E-state index contributed by atoms with van der Waals surface area (Å²) in [6, 6.07) is 6.28. The van der Waals surface area contributed by atoms with Gasteiger partial charge in [-0.15, -0.1) is 0 Å². The first kappa shape index (κ1) is 18.9. The van der Waals surface area contributed by atoms with Gasteiger partial charge in [-0.25, -0.2) is 9.67 Å². The maximum Gasteiger partial charge on any atom is 0.220 e. The first-order valence-electron chi connectivity index (χ1n) is 10.4. The summed E-state index contributed by atoms with van der Waals surface area (Å²) in [5.41, 5.74) is 13.9. The smallest absolute Gasteiger partial charge is 0.220 e. The summed E-state index contributed by atoms with van der Waals surface area (Å²) < 4.78 is 8.74. The Labute approximate surface area is 178 Å². The Morgan fingerprint density at radius 2 is 1.93 bits per heavy atom. The topological polar surface area (TPSA) is 107 Å². The van der Waals surface area contributed by atoms with Crippen LogP contribution in [0.1, 0.15) is 57.6 Å². The van der Waals surface area contributed by atoms with E-state index in [1.54, 1.807) is 0 Å². The summed E-state index contributed by atoms with van der Waals surface area (Å²) in [7, 11) is 0. The van der Waals surface area contributed by atoms with Crippen molar-refractivity contribution in [1.29, 1.82) is 0 Å². The van der Waals surface area contributed by atoms with Gasteiger partial charge >= 0.3 is 0 Å². The van der Waals surface area contributed by atoms with Gasteiger partial charge in [0.25, 0.3) is 0 Å². The minimum absolute atomic E-state index is 0.0147. The molecule has 1 aliphatic carbocycles. The summed E-state index contributed by atoms with van der Waals surface area (Å²) in [5, 5.41) is 5.74. The van der Waals surface area contributed by atoms with E-state index < -0.39 is 5.66 Å². The Morgan fingerprint density at radius 3 is 2.69 bits per heavy atom. The Kier molecular flexibility index (Phi) is 4.74. The van der Waals surface area contributed by atoms with Crippen LogP contribution in [0.25, 0.3) is 10.9 Å². The Hall–Kier alpha value is -2.13. The summed E-state index contributed by atoms with van der Waals surface area (Å²) in [6.45, 7) is 0.782. The van der Waals surface area contributed by atoms with Crippen molar-refractivity contribution < 1.29 is 4.74 Å². The molecule has 0 radical (unpaired) electrons. The van der Waals surface area contributed by atoms with Crippen LogP contribution in [-0.4, -0.2) is 34.0 Å². The number of rotatable bonds is 2. The van der Waals surface area contributed by atoms with E-state index in [0.717, 1.165) is 72.7 Å². The van der Waals surface area contributed by atoms with Gasteiger partial charge in [-0.05, 0) is 79.1 Å². The lowest BCUT2D eigenvalue weighted by atomic mass is 9.87. The van der Waals surface area contributed by atoms with Crippen LogP contribution in [-0.2, 0) is 4.74 Å². The Morgan fingerprint density at radius 1 is 1.10 bits per heavy atom. The number of benzene rings is 1. The third kappa shape index (κ3) is 3.20. The number of fused-ring (bicyclic) bond motifs is 1. The van der Waals surface area contributed by atoms with Crippen LogP contribution in [0.2, 0.25) is 0 Å². The number of nitrogens with two attached hydrogens (primary N) is 2. The molecule has 1 aromatic carbocycles. The molecule has 3 heterocycles. The van der Waals surface area contributed by atoms with Crippen molar-refractivity contribution in [1.82, 2.24) is 9.78 Å². The summed E-state index contributed by atoms with van der Waals surface area (Å²) in [5.74, 6) is 0.669. The first-order chi connectivity index (χ1) is 14.1. The van der Waals surface area contributed by atoms with Crippen LogP contribution in [0.15, 0.2) is 32.8 Å². The minimum Gasteiger partial charge on any atom is -0.369 e. The van der Waals surface area contributed by atoms with E-state index in [1.165, 1.54) is 6.42 Å². The molecule has 1 saturated carbocycles. The van der Waals surface area contributed by atoms with E-state index in [-0.39, 0.29) is 12.2 Å².